The van der Waals surface area contributed by atoms with Gasteiger partial charge in [-0.25, -0.2) is 3.11 Å². The molecule has 3 rings (SSSR count). The zero-order valence-corrected chi connectivity index (χ0v) is 10.8. The van der Waals surface area contributed by atoms with Crippen LogP contribution >= 0.6 is 22.9 Å². The molecule has 2 unspecified atom stereocenters. The normalized spacial score (nSPS) is 31.3. The molecule has 2 bridgehead atoms. The lowest BCUT2D eigenvalue weighted by Gasteiger charge is -2.30. The topological polar surface area (TPSA) is 6.48 Å². The van der Waals surface area contributed by atoms with Crippen LogP contribution in [0.5, 0.6) is 0 Å². The van der Waals surface area contributed by atoms with E-state index in [4.69, 9.17) is 0 Å². The van der Waals surface area contributed by atoms with Crippen LogP contribution in [0, 0.1) is 0 Å². The Morgan fingerprint density at radius 3 is 2.53 bits per heavy atom. The minimum Gasteiger partial charge on any atom is -0.293 e. The average Bonchev–Trinajstić information content (AvgIpc) is 2.78. The van der Waals surface area contributed by atoms with E-state index in [2.05, 4.69) is 61.2 Å². The highest BCUT2D eigenvalue weighted by Crippen LogP contribution is 2.33. The molecule has 2 fully saturated rings. The second-order valence-electron chi connectivity index (χ2n) is 4.54. The van der Waals surface area contributed by atoms with Gasteiger partial charge in [0.1, 0.15) is 0 Å². The quantitative estimate of drug-likeness (QED) is 0.610. The molecule has 3 heteroatoms. The summed E-state index contributed by atoms with van der Waals surface area (Å²) in [5, 5.41) is 0. The summed E-state index contributed by atoms with van der Waals surface area (Å²) < 4.78 is 2.48. The predicted octanol–water partition coefficient (Wildman–Crippen LogP) is 2.30. The van der Waals surface area contributed by atoms with Crippen molar-refractivity contribution in [2.75, 3.05) is 13.1 Å². The Hall–Kier alpha value is -0.130. The zero-order chi connectivity index (χ0) is 10.3. The van der Waals surface area contributed by atoms with Gasteiger partial charge >= 0.3 is 0 Å². The van der Waals surface area contributed by atoms with Crippen LogP contribution in [0.25, 0.3) is 0 Å². The van der Waals surface area contributed by atoms with E-state index in [1.54, 1.807) is 0 Å². The largest absolute Gasteiger partial charge is 0.293 e. The summed E-state index contributed by atoms with van der Waals surface area (Å²) in [5.41, 5.74) is 1.45. The van der Waals surface area contributed by atoms with Crippen LogP contribution in [-0.4, -0.2) is 33.2 Å². The number of rotatable bonds is 2. The molecule has 2 saturated heterocycles. The van der Waals surface area contributed by atoms with Gasteiger partial charge in [-0.05, 0) is 12.0 Å². The molecule has 2 aliphatic heterocycles. The van der Waals surface area contributed by atoms with E-state index < -0.39 is 0 Å². The van der Waals surface area contributed by atoms with Crippen molar-refractivity contribution in [1.82, 2.24) is 8.01 Å². The second kappa shape index (κ2) is 4.03. The van der Waals surface area contributed by atoms with Gasteiger partial charge < -0.3 is 0 Å². The lowest BCUT2D eigenvalue weighted by molar-refractivity contribution is 0.189. The fraction of sp³-hybridized carbons (Fsp3) is 0.500. The average molecular weight is 314 g/mol. The minimum atomic E-state index is 0.798. The Kier molecular flexibility index (Phi) is 2.70. The first-order chi connectivity index (χ1) is 7.33. The summed E-state index contributed by atoms with van der Waals surface area (Å²) in [4.78, 5) is 2.63. The highest BCUT2D eigenvalue weighted by atomic mass is 127. The number of piperazine rings is 1. The number of hydrogen-bond acceptors (Lipinski definition) is 2. The van der Waals surface area contributed by atoms with Crippen LogP contribution in [0.15, 0.2) is 30.3 Å². The standard InChI is InChI=1S/C12H15IN2/c13-15-9-11-6-12(15)8-14(11)7-10-4-2-1-3-5-10/h1-5,11-12H,6-9H2. The van der Waals surface area contributed by atoms with E-state index in [1.165, 1.54) is 25.1 Å². The first kappa shape index (κ1) is 10.1. The summed E-state index contributed by atoms with van der Waals surface area (Å²) in [6, 6.07) is 12.4. The molecule has 15 heavy (non-hydrogen) atoms. The predicted molar refractivity (Wildman–Crippen MR) is 69.8 cm³/mol. The molecule has 0 aromatic heterocycles. The van der Waals surface area contributed by atoms with E-state index in [0.29, 0.717) is 0 Å². The van der Waals surface area contributed by atoms with Crippen molar-refractivity contribution in [2.24, 2.45) is 0 Å². The molecule has 1 aromatic rings. The van der Waals surface area contributed by atoms with Gasteiger partial charge in [0, 0.05) is 54.6 Å². The minimum absolute atomic E-state index is 0.798. The molecule has 2 heterocycles. The van der Waals surface area contributed by atoms with Gasteiger partial charge in [0.2, 0.25) is 0 Å². The van der Waals surface area contributed by atoms with Crippen molar-refractivity contribution in [3.05, 3.63) is 35.9 Å². The highest BCUT2D eigenvalue weighted by molar-refractivity contribution is 14.1. The van der Waals surface area contributed by atoms with Crippen LogP contribution in [0.1, 0.15) is 12.0 Å². The molecular formula is C12H15IN2. The molecule has 2 atom stereocenters. The molecule has 2 nitrogen and oxygen atoms in total. The molecule has 0 radical (unpaired) electrons. The number of hydrogen-bond donors (Lipinski definition) is 0. The summed E-state index contributed by atoms with van der Waals surface area (Å²) in [7, 11) is 0. The zero-order valence-electron chi connectivity index (χ0n) is 8.64. The fourth-order valence-electron chi connectivity index (χ4n) is 2.71. The van der Waals surface area contributed by atoms with E-state index >= 15 is 0 Å². The van der Waals surface area contributed by atoms with Gasteiger partial charge in [-0.1, -0.05) is 30.3 Å². The smallest absolute Gasteiger partial charge is 0.0337 e. The Morgan fingerprint density at radius 1 is 1.13 bits per heavy atom. The maximum absolute atomic E-state index is 2.63. The molecule has 0 N–H and O–H groups in total. The van der Waals surface area contributed by atoms with Gasteiger partial charge in [-0.3, -0.25) is 4.90 Å². The summed E-state index contributed by atoms with van der Waals surface area (Å²) >= 11 is 2.47. The van der Waals surface area contributed by atoms with Crippen molar-refractivity contribution < 1.29 is 0 Å². The SMILES string of the molecule is IN1CC2CC1CN2Cc1ccccc1. The summed E-state index contributed by atoms with van der Waals surface area (Å²) in [5.74, 6) is 0. The lowest BCUT2D eigenvalue weighted by Crippen LogP contribution is -2.41. The van der Waals surface area contributed by atoms with Gasteiger partial charge in [0.25, 0.3) is 0 Å². The van der Waals surface area contributed by atoms with Crippen LogP contribution < -0.4 is 0 Å². The van der Waals surface area contributed by atoms with Crippen molar-refractivity contribution in [1.29, 1.82) is 0 Å². The Morgan fingerprint density at radius 2 is 1.93 bits per heavy atom. The third-order valence-corrected chi connectivity index (χ3v) is 4.70. The number of likely N-dealkylation sites (tertiary alicyclic amines) is 1. The first-order valence-electron chi connectivity index (χ1n) is 5.53. The lowest BCUT2D eigenvalue weighted by atomic mass is 10.2. The molecule has 0 spiro atoms. The van der Waals surface area contributed by atoms with Gasteiger partial charge in [0.05, 0.1) is 0 Å². The molecule has 80 valence electrons. The maximum atomic E-state index is 2.63. The van der Waals surface area contributed by atoms with Gasteiger partial charge in [-0.2, -0.15) is 0 Å². The van der Waals surface area contributed by atoms with Gasteiger partial charge in [0.15, 0.2) is 0 Å². The monoisotopic (exact) mass is 314 g/mol. The van der Waals surface area contributed by atoms with Crippen molar-refractivity contribution in [3.8, 4) is 0 Å². The van der Waals surface area contributed by atoms with E-state index in [1.807, 2.05) is 0 Å². The third kappa shape index (κ3) is 1.92. The summed E-state index contributed by atoms with van der Waals surface area (Å²) in [6.07, 6.45) is 1.37. The molecule has 0 amide bonds. The van der Waals surface area contributed by atoms with Crippen molar-refractivity contribution in [2.45, 2.75) is 25.0 Å². The molecule has 2 aliphatic rings. The van der Waals surface area contributed by atoms with Gasteiger partial charge in [-0.15, -0.1) is 0 Å². The second-order valence-corrected chi connectivity index (χ2v) is 5.78. The Labute approximate surface area is 105 Å². The van der Waals surface area contributed by atoms with E-state index in [9.17, 15) is 0 Å². The Bertz CT molecular complexity index is 339. The van der Waals surface area contributed by atoms with Crippen LogP contribution in [0.4, 0.5) is 0 Å². The summed E-state index contributed by atoms with van der Waals surface area (Å²) in [6.45, 7) is 3.63. The molecule has 0 aliphatic carbocycles. The number of benzene rings is 1. The molecular weight excluding hydrogens is 299 g/mol. The fourth-order valence-corrected chi connectivity index (χ4v) is 3.57. The highest BCUT2D eigenvalue weighted by Gasteiger charge is 2.41. The van der Waals surface area contributed by atoms with Crippen molar-refractivity contribution >= 4 is 22.9 Å². The number of halogens is 1. The molecule has 1 aromatic carbocycles. The molecule has 0 saturated carbocycles. The van der Waals surface area contributed by atoms with Crippen LogP contribution in [0.3, 0.4) is 0 Å². The first-order valence-corrected chi connectivity index (χ1v) is 6.50. The van der Waals surface area contributed by atoms with Crippen LogP contribution in [-0.2, 0) is 6.54 Å². The van der Waals surface area contributed by atoms with E-state index in [-0.39, 0.29) is 0 Å². The van der Waals surface area contributed by atoms with Crippen molar-refractivity contribution in [3.63, 3.8) is 0 Å². The van der Waals surface area contributed by atoms with Crippen LogP contribution in [0.2, 0.25) is 0 Å². The Balaban J connectivity index is 1.67. The number of nitrogens with zero attached hydrogens (tertiary/aromatic N) is 2. The van der Waals surface area contributed by atoms with E-state index in [0.717, 1.165) is 18.6 Å². The number of fused-ring (bicyclic) bond motifs is 2. The third-order valence-electron chi connectivity index (χ3n) is 3.52. The maximum Gasteiger partial charge on any atom is 0.0337 e.